The normalized spacial score (nSPS) is 17.1. The van der Waals surface area contributed by atoms with E-state index in [0.29, 0.717) is 17.1 Å². The maximum Gasteiger partial charge on any atom is 0.290 e. The lowest BCUT2D eigenvalue weighted by molar-refractivity contribution is -0.129. The van der Waals surface area contributed by atoms with Gasteiger partial charge in [-0.25, -0.2) is 4.98 Å². The molecule has 5 nitrogen and oxygen atoms in total. The average Bonchev–Trinajstić information content (AvgIpc) is 3.09. The number of aryl methyl sites for hydroxylation is 3. The van der Waals surface area contributed by atoms with Crippen LogP contribution in [0.2, 0.25) is 0 Å². The number of ketones is 1. The van der Waals surface area contributed by atoms with Crippen molar-refractivity contribution in [3.8, 4) is 0 Å². The molecule has 6 heteroatoms. The minimum atomic E-state index is -0.571. The molecule has 142 valence electrons. The molecule has 2 aromatic rings. The molecule has 0 radical (unpaired) electrons. The molecule has 0 spiro atoms. The minimum absolute atomic E-state index is 0.161. The molecular weight excluding hydrogens is 360 g/mol. The van der Waals surface area contributed by atoms with Crippen LogP contribution in [0, 0.1) is 20.8 Å². The van der Waals surface area contributed by atoms with Gasteiger partial charge in [-0.3, -0.25) is 9.59 Å². The van der Waals surface area contributed by atoms with Crippen LogP contribution in [-0.4, -0.2) is 33.2 Å². The molecule has 1 aromatic heterocycles. The molecule has 0 bridgehead atoms. The highest BCUT2D eigenvalue weighted by Gasteiger charge is 2.44. The molecule has 1 atom stereocenters. The fourth-order valence-corrected chi connectivity index (χ4v) is 4.37. The van der Waals surface area contributed by atoms with Crippen molar-refractivity contribution in [1.82, 2.24) is 9.88 Å². The lowest BCUT2D eigenvalue weighted by atomic mass is 9.94. The van der Waals surface area contributed by atoms with Gasteiger partial charge in [-0.2, -0.15) is 0 Å². The molecule has 1 amide bonds. The number of aliphatic hydroxyl groups is 1. The lowest BCUT2D eigenvalue weighted by Crippen LogP contribution is -2.32. The molecule has 3 rings (SSSR count). The van der Waals surface area contributed by atoms with Crippen LogP contribution in [-0.2, 0) is 4.79 Å². The number of unbranched alkanes of at least 4 members (excludes halogenated alkanes) is 1. The summed E-state index contributed by atoms with van der Waals surface area (Å²) in [6, 6.07) is 7.18. The van der Waals surface area contributed by atoms with Crippen molar-refractivity contribution in [3.05, 3.63) is 62.3 Å². The summed E-state index contributed by atoms with van der Waals surface area (Å²) >= 11 is 1.30. The van der Waals surface area contributed by atoms with Gasteiger partial charge in [-0.05, 0) is 32.8 Å². The summed E-state index contributed by atoms with van der Waals surface area (Å²) in [6.07, 6.45) is 1.73. The topological polar surface area (TPSA) is 70.5 Å². The van der Waals surface area contributed by atoms with E-state index in [1.54, 1.807) is 11.8 Å². The molecule has 0 saturated carbocycles. The van der Waals surface area contributed by atoms with Crippen LogP contribution in [0.15, 0.2) is 35.6 Å². The highest BCUT2D eigenvalue weighted by molar-refractivity contribution is 7.14. The number of hydrogen-bond donors (Lipinski definition) is 1. The van der Waals surface area contributed by atoms with Gasteiger partial charge in [0.1, 0.15) is 0 Å². The molecule has 0 aliphatic carbocycles. The molecule has 1 aliphatic heterocycles. The van der Waals surface area contributed by atoms with Crippen molar-refractivity contribution >= 4 is 23.0 Å². The van der Waals surface area contributed by atoms with Crippen LogP contribution in [0.25, 0.3) is 0 Å². The maximum atomic E-state index is 13.3. The van der Waals surface area contributed by atoms with Crippen molar-refractivity contribution < 1.29 is 14.7 Å². The van der Waals surface area contributed by atoms with E-state index in [1.165, 1.54) is 11.3 Å². The zero-order valence-electron chi connectivity index (χ0n) is 16.1. The summed E-state index contributed by atoms with van der Waals surface area (Å²) in [5.74, 6) is -1.22. The van der Waals surface area contributed by atoms with Crippen molar-refractivity contribution in [1.29, 1.82) is 0 Å². The van der Waals surface area contributed by atoms with Crippen LogP contribution in [0.3, 0.4) is 0 Å². The molecule has 1 aliphatic rings. The first-order valence-electron chi connectivity index (χ1n) is 9.14. The Balaban J connectivity index is 2.11. The number of benzene rings is 1. The summed E-state index contributed by atoms with van der Waals surface area (Å²) in [5, 5.41) is 11.4. The van der Waals surface area contributed by atoms with E-state index in [-0.39, 0.29) is 11.4 Å². The Morgan fingerprint density at radius 3 is 2.63 bits per heavy atom. The molecule has 1 unspecified atom stereocenters. The van der Waals surface area contributed by atoms with E-state index in [4.69, 9.17) is 0 Å². The second-order valence-corrected chi connectivity index (χ2v) is 8.11. The molecule has 1 aromatic carbocycles. The quantitative estimate of drug-likeness (QED) is 0.747. The van der Waals surface area contributed by atoms with E-state index < -0.39 is 17.7 Å². The molecular formula is C21H24N2O3S. The average molecular weight is 385 g/mol. The van der Waals surface area contributed by atoms with Crippen molar-refractivity contribution in [2.24, 2.45) is 0 Å². The summed E-state index contributed by atoms with van der Waals surface area (Å²) in [7, 11) is 0. The first-order chi connectivity index (χ1) is 12.8. The Hall–Kier alpha value is -2.47. The Bertz CT molecular complexity index is 929. The summed E-state index contributed by atoms with van der Waals surface area (Å²) in [4.78, 5) is 32.5. The molecule has 2 heterocycles. The minimum Gasteiger partial charge on any atom is -0.503 e. The number of hydrogen-bond acceptors (Lipinski definition) is 5. The summed E-state index contributed by atoms with van der Waals surface area (Å²) in [6.45, 7) is 8.13. The van der Waals surface area contributed by atoms with Gasteiger partial charge in [-0.1, -0.05) is 43.2 Å². The smallest absolute Gasteiger partial charge is 0.290 e. The van der Waals surface area contributed by atoms with Gasteiger partial charge >= 0.3 is 0 Å². The number of aromatic nitrogens is 1. The van der Waals surface area contributed by atoms with Crippen LogP contribution in [0.5, 0.6) is 0 Å². The van der Waals surface area contributed by atoms with Gasteiger partial charge in [0.15, 0.2) is 5.76 Å². The van der Waals surface area contributed by atoms with Crippen LogP contribution >= 0.6 is 11.3 Å². The second kappa shape index (κ2) is 7.64. The number of aliphatic hydroxyl groups excluding tert-OH is 1. The second-order valence-electron chi connectivity index (χ2n) is 6.91. The van der Waals surface area contributed by atoms with E-state index in [1.807, 2.05) is 45.0 Å². The Morgan fingerprint density at radius 2 is 2.04 bits per heavy atom. The first kappa shape index (κ1) is 19.3. The van der Waals surface area contributed by atoms with Crippen molar-refractivity contribution in [2.45, 2.75) is 46.6 Å². The van der Waals surface area contributed by atoms with Gasteiger partial charge in [0.25, 0.3) is 5.91 Å². The van der Waals surface area contributed by atoms with Crippen molar-refractivity contribution in [3.63, 3.8) is 0 Å². The number of thiazole rings is 1. The number of carbonyl (C=O) groups excluding carboxylic acids is 2. The predicted octanol–water partition coefficient (Wildman–Crippen LogP) is 4.45. The SMILES string of the molecule is CCCCN1C(=O)C(O)=C(C(=O)c2sc(C)nc2C)C1c1cccc(C)c1. The molecule has 0 fully saturated rings. The zero-order chi connectivity index (χ0) is 19.7. The Labute approximate surface area is 163 Å². The molecule has 1 N–H and O–H groups in total. The largest absolute Gasteiger partial charge is 0.503 e. The third-order valence-electron chi connectivity index (χ3n) is 4.77. The Kier molecular flexibility index (Phi) is 5.46. The number of nitrogens with zero attached hydrogens (tertiary/aromatic N) is 2. The highest BCUT2D eigenvalue weighted by atomic mass is 32.1. The van der Waals surface area contributed by atoms with Gasteiger partial charge in [0.2, 0.25) is 5.78 Å². The standard InChI is InChI=1S/C21H24N2O3S/c1-5-6-10-23-17(15-9-7-8-12(2)11-15)16(19(25)21(23)26)18(24)20-13(3)22-14(4)27-20/h7-9,11,17,25H,5-6,10H2,1-4H3. The van der Waals surface area contributed by atoms with E-state index in [2.05, 4.69) is 4.98 Å². The van der Waals surface area contributed by atoms with Crippen LogP contribution in [0.4, 0.5) is 0 Å². The number of carbonyl (C=O) groups is 2. The van der Waals surface area contributed by atoms with Gasteiger partial charge in [0, 0.05) is 6.54 Å². The Morgan fingerprint density at radius 1 is 1.30 bits per heavy atom. The lowest BCUT2D eigenvalue weighted by Gasteiger charge is -2.27. The molecule has 27 heavy (non-hydrogen) atoms. The van der Waals surface area contributed by atoms with E-state index in [9.17, 15) is 14.7 Å². The summed E-state index contributed by atoms with van der Waals surface area (Å²) < 4.78 is 0. The van der Waals surface area contributed by atoms with Gasteiger partial charge < -0.3 is 10.0 Å². The van der Waals surface area contributed by atoms with Crippen LogP contribution in [0.1, 0.15) is 57.3 Å². The fraction of sp³-hybridized carbons (Fsp3) is 0.381. The number of rotatable bonds is 6. The van der Waals surface area contributed by atoms with Gasteiger partial charge in [-0.15, -0.1) is 11.3 Å². The predicted molar refractivity (Wildman–Crippen MR) is 106 cm³/mol. The number of Topliss-reactive ketones (excluding diaryl/α,β-unsaturated/α-hetero) is 1. The fourth-order valence-electron chi connectivity index (χ4n) is 3.50. The molecule has 0 saturated heterocycles. The van der Waals surface area contributed by atoms with Crippen molar-refractivity contribution in [2.75, 3.05) is 6.54 Å². The summed E-state index contributed by atoms with van der Waals surface area (Å²) in [5.41, 5.74) is 2.67. The third kappa shape index (κ3) is 3.54. The maximum absolute atomic E-state index is 13.3. The van der Waals surface area contributed by atoms with E-state index >= 15 is 0 Å². The highest BCUT2D eigenvalue weighted by Crippen LogP contribution is 2.40. The van der Waals surface area contributed by atoms with E-state index in [0.717, 1.165) is 29.0 Å². The van der Waals surface area contributed by atoms with Gasteiger partial charge in [0.05, 0.1) is 27.2 Å². The monoisotopic (exact) mass is 384 g/mol. The zero-order valence-corrected chi connectivity index (χ0v) is 16.9. The van der Waals surface area contributed by atoms with Crippen LogP contribution < -0.4 is 0 Å². The third-order valence-corrected chi connectivity index (χ3v) is 5.84. The number of amides is 1. The first-order valence-corrected chi connectivity index (χ1v) is 9.96.